The van der Waals surface area contributed by atoms with E-state index in [1.165, 1.54) is 6.42 Å². The van der Waals surface area contributed by atoms with E-state index in [1.54, 1.807) is 0 Å². The van der Waals surface area contributed by atoms with E-state index in [4.69, 9.17) is 4.42 Å². The largest absolute Gasteiger partial charge is 0.445 e. The molecule has 0 saturated carbocycles. The highest BCUT2D eigenvalue weighted by molar-refractivity contribution is 5.18. The Kier molecular flexibility index (Phi) is 2.59. The van der Waals surface area contributed by atoms with Gasteiger partial charge in [0.15, 0.2) is 5.89 Å². The SMILES string of the molecule is Cc1oc(C(C)(C)C)nc1C1CCNC1. The summed E-state index contributed by atoms with van der Waals surface area (Å²) >= 11 is 0. The van der Waals surface area contributed by atoms with Gasteiger partial charge in [0.1, 0.15) is 5.76 Å². The first-order valence-electron chi connectivity index (χ1n) is 5.67. The summed E-state index contributed by atoms with van der Waals surface area (Å²) in [5, 5.41) is 3.36. The number of aryl methyl sites for hydroxylation is 1. The zero-order valence-electron chi connectivity index (χ0n) is 10.1. The molecule has 15 heavy (non-hydrogen) atoms. The maximum absolute atomic E-state index is 5.75. The zero-order chi connectivity index (χ0) is 11.1. The molecule has 0 spiro atoms. The first-order valence-corrected chi connectivity index (χ1v) is 5.67. The lowest BCUT2D eigenvalue weighted by molar-refractivity contribution is 0.380. The van der Waals surface area contributed by atoms with Gasteiger partial charge in [0.05, 0.1) is 5.69 Å². The van der Waals surface area contributed by atoms with Gasteiger partial charge >= 0.3 is 0 Å². The van der Waals surface area contributed by atoms with Gasteiger partial charge < -0.3 is 9.73 Å². The lowest BCUT2D eigenvalue weighted by Crippen LogP contribution is -2.12. The summed E-state index contributed by atoms with van der Waals surface area (Å²) in [4.78, 5) is 4.66. The van der Waals surface area contributed by atoms with Crippen LogP contribution in [0.25, 0.3) is 0 Å². The Balaban J connectivity index is 2.29. The predicted molar refractivity (Wildman–Crippen MR) is 60.2 cm³/mol. The van der Waals surface area contributed by atoms with E-state index < -0.39 is 0 Å². The van der Waals surface area contributed by atoms with Gasteiger partial charge in [0.2, 0.25) is 0 Å². The van der Waals surface area contributed by atoms with Gasteiger partial charge in [-0.3, -0.25) is 0 Å². The molecular formula is C12H20N2O. The van der Waals surface area contributed by atoms with Crippen LogP contribution in [0.15, 0.2) is 4.42 Å². The third-order valence-electron chi connectivity index (χ3n) is 2.92. The number of nitrogens with zero attached hydrogens (tertiary/aromatic N) is 1. The van der Waals surface area contributed by atoms with Crippen molar-refractivity contribution in [2.45, 2.75) is 45.4 Å². The molecule has 2 heterocycles. The number of nitrogens with one attached hydrogen (secondary N) is 1. The third kappa shape index (κ3) is 2.07. The van der Waals surface area contributed by atoms with Gasteiger partial charge in [-0.15, -0.1) is 0 Å². The van der Waals surface area contributed by atoms with Crippen LogP contribution in [0.5, 0.6) is 0 Å². The van der Waals surface area contributed by atoms with Gasteiger partial charge in [-0.05, 0) is 19.9 Å². The summed E-state index contributed by atoms with van der Waals surface area (Å²) in [6.45, 7) is 10.6. The molecule has 0 radical (unpaired) electrons. The van der Waals surface area contributed by atoms with E-state index in [1.807, 2.05) is 6.92 Å². The fourth-order valence-corrected chi connectivity index (χ4v) is 2.00. The molecule has 1 saturated heterocycles. The van der Waals surface area contributed by atoms with E-state index >= 15 is 0 Å². The number of aromatic nitrogens is 1. The normalized spacial score (nSPS) is 22.3. The average molecular weight is 208 g/mol. The molecule has 0 amide bonds. The summed E-state index contributed by atoms with van der Waals surface area (Å²) in [7, 11) is 0. The highest BCUT2D eigenvalue weighted by Crippen LogP contribution is 2.29. The van der Waals surface area contributed by atoms with Crippen molar-refractivity contribution >= 4 is 0 Å². The van der Waals surface area contributed by atoms with Crippen LogP contribution >= 0.6 is 0 Å². The lowest BCUT2D eigenvalue weighted by Gasteiger charge is -2.12. The molecule has 2 rings (SSSR count). The van der Waals surface area contributed by atoms with Crippen LogP contribution in [0.1, 0.15) is 50.5 Å². The van der Waals surface area contributed by atoms with Crippen molar-refractivity contribution in [3.63, 3.8) is 0 Å². The minimum absolute atomic E-state index is 0.00897. The van der Waals surface area contributed by atoms with Crippen molar-refractivity contribution in [2.24, 2.45) is 0 Å². The van der Waals surface area contributed by atoms with Crippen molar-refractivity contribution in [2.75, 3.05) is 13.1 Å². The molecule has 0 aromatic carbocycles. The molecule has 3 heteroatoms. The summed E-state index contributed by atoms with van der Waals surface area (Å²) in [6.07, 6.45) is 1.18. The fourth-order valence-electron chi connectivity index (χ4n) is 2.00. The van der Waals surface area contributed by atoms with Crippen LogP contribution in [0.4, 0.5) is 0 Å². The minimum Gasteiger partial charge on any atom is -0.445 e. The van der Waals surface area contributed by atoms with Crippen LogP contribution < -0.4 is 5.32 Å². The van der Waals surface area contributed by atoms with Gasteiger partial charge in [-0.25, -0.2) is 4.98 Å². The maximum atomic E-state index is 5.75. The molecule has 0 aliphatic carbocycles. The summed E-state index contributed by atoms with van der Waals surface area (Å²) in [5.41, 5.74) is 1.17. The molecule has 1 aliphatic heterocycles. The van der Waals surface area contributed by atoms with Gasteiger partial charge in [0, 0.05) is 17.9 Å². The highest BCUT2D eigenvalue weighted by atomic mass is 16.4. The molecule has 3 nitrogen and oxygen atoms in total. The minimum atomic E-state index is 0.00897. The first kappa shape index (κ1) is 10.7. The zero-order valence-corrected chi connectivity index (χ0v) is 10.1. The van der Waals surface area contributed by atoms with E-state index in [0.29, 0.717) is 5.92 Å². The summed E-state index contributed by atoms with van der Waals surface area (Å²) < 4.78 is 5.75. The molecule has 0 bridgehead atoms. The molecule has 1 N–H and O–H groups in total. The Morgan fingerprint density at radius 3 is 2.60 bits per heavy atom. The summed E-state index contributed by atoms with van der Waals surface area (Å²) in [6, 6.07) is 0. The lowest BCUT2D eigenvalue weighted by atomic mass is 9.97. The number of hydrogen-bond acceptors (Lipinski definition) is 3. The van der Waals surface area contributed by atoms with Crippen LogP contribution in [-0.4, -0.2) is 18.1 Å². The quantitative estimate of drug-likeness (QED) is 0.770. The van der Waals surface area contributed by atoms with E-state index in [-0.39, 0.29) is 5.41 Å². The molecule has 1 aromatic rings. The molecule has 1 aromatic heterocycles. The fraction of sp³-hybridized carbons (Fsp3) is 0.750. The first-order chi connectivity index (χ1) is 6.98. The maximum Gasteiger partial charge on any atom is 0.200 e. The molecule has 1 atom stereocenters. The second-order valence-corrected chi connectivity index (χ2v) is 5.40. The van der Waals surface area contributed by atoms with Crippen molar-refractivity contribution in [3.05, 3.63) is 17.3 Å². The molecule has 84 valence electrons. The molecular weight excluding hydrogens is 188 g/mol. The number of hydrogen-bond donors (Lipinski definition) is 1. The van der Waals surface area contributed by atoms with Crippen molar-refractivity contribution in [1.29, 1.82) is 0 Å². The van der Waals surface area contributed by atoms with Gasteiger partial charge in [-0.1, -0.05) is 20.8 Å². The predicted octanol–water partition coefficient (Wildman–Crippen LogP) is 2.36. The number of rotatable bonds is 1. The van der Waals surface area contributed by atoms with Crippen LogP contribution in [0, 0.1) is 6.92 Å². The Hall–Kier alpha value is -0.830. The van der Waals surface area contributed by atoms with Gasteiger partial charge in [-0.2, -0.15) is 0 Å². The Bertz CT molecular complexity index is 343. The Labute approximate surface area is 91.3 Å². The number of oxazole rings is 1. The second kappa shape index (κ2) is 3.63. The summed E-state index contributed by atoms with van der Waals surface area (Å²) in [5.74, 6) is 2.40. The van der Waals surface area contributed by atoms with Crippen molar-refractivity contribution in [1.82, 2.24) is 10.3 Å². The molecule has 1 aliphatic rings. The third-order valence-corrected chi connectivity index (χ3v) is 2.92. The van der Waals surface area contributed by atoms with E-state index in [0.717, 1.165) is 30.4 Å². The van der Waals surface area contributed by atoms with Crippen molar-refractivity contribution < 1.29 is 4.42 Å². The van der Waals surface area contributed by atoms with Gasteiger partial charge in [0.25, 0.3) is 0 Å². The van der Waals surface area contributed by atoms with E-state index in [9.17, 15) is 0 Å². The molecule has 1 unspecified atom stereocenters. The Morgan fingerprint density at radius 1 is 1.40 bits per heavy atom. The standard InChI is InChI=1S/C12H20N2O/c1-8-10(9-5-6-13-7-9)14-11(15-8)12(2,3)4/h9,13H,5-7H2,1-4H3. The molecule has 1 fully saturated rings. The second-order valence-electron chi connectivity index (χ2n) is 5.40. The topological polar surface area (TPSA) is 38.1 Å². The Morgan fingerprint density at radius 2 is 2.13 bits per heavy atom. The highest BCUT2D eigenvalue weighted by Gasteiger charge is 2.27. The van der Waals surface area contributed by atoms with Crippen LogP contribution in [0.2, 0.25) is 0 Å². The van der Waals surface area contributed by atoms with Crippen LogP contribution in [0.3, 0.4) is 0 Å². The average Bonchev–Trinajstić information content (AvgIpc) is 2.69. The van der Waals surface area contributed by atoms with E-state index in [2.05, 4.69) is 31.1 Å². The van der Waals surface area contributed by atoms with Crippen molar-refractivity contribution in [3.8, 4) is 0 Å². The van der Waals surface area contributed by atoms with Crippen LogP contribution in [-0.2, 0) is 5.41 Å². The monoisotopic (exact) mass is 208 g/mol. The smallest absolute Gasteiger partial charge is 0.200 e.